The summed E-state index contributed by atoms with van der Waals surface area (Å²) in [5.74, 6) is -0.225. The fourth-order valence-corrected chi connectivity index (χ4v) is 0.839. The Morgan fingerprint density at radius 1 is 1.46 bits per heavy atom. The molecule has 0 N–H and O–H groups in total. The lowest BCUT2D eigenvalue weighted by Gasteiger charge is -2.11. The molecule has 13 heavy (non-hydrogen) atoms. The first-order valence-corrected chi connectivity index (χ1v) is 3.75. The number of alkyl halides is 3. The zero-order chi connectivity index (χ0) is 10.5. The van der Waals surface area contributed by atoms with Crippen LogP contribution >= 0.6 is 0 Å². The van der Waals surface area contributed by atoms with Gasteiger partial charge in [0.2, 0.25) is 0 Å². The van der Waals surface area contributed by atoms with Crippen molar-refractivity contribution in [2.24, 2.45) is 4.99 Å². The van der Waals surface area contributed by atoms with E-state index in [0.29, 0.717) is 6.42 Å². The van der Waals surface area contributed by atoms with E-state index >= 15 is 0 Å². The van der Waals surface area contributed by atoms with Crippen molar-refractivity contribution in [2.45, 2.75) is 19.5 Å². The molecule has 0 spiro atoms. The summed E-state index contributed by atoms with van der Waals surface area (Å²) < 4.78 is 41.3. The van der Waals surface area contributed by atoms with Crippen molar-refractivity contribution >= 4 is 5.71 Å². The third-order valence-corrected chi connectivity index (χ3v) is 1.33. The van der Waals surface area contributed by atoms with Gasteiger partial charge in [-0.05, 0) is 12.5 Å². The molecule has 76 valence electrons. The molecule has 0 aromatic heterocycles. The van der Waals surface area contributed by atoms with Crippen molar-refractivity contribution in [3.8, 4) is 0 Å². The molecule has 5 heteroatoms. The van der Waals surface area contributed by atoms with Gasteiger partial charge in [-0.25, -0.2) is 0 Å². The fourth-order valence-electron chi connectivity index (χ4n) is 0.839. The van der Waals surface area contributed by atoms with Gasteiger partial charge in [0.1, 0.15) is 5.76 Å². The molecule has 2 nitrogen and oxygen atoms in total. The van der Waals surface area contributed by atoms with E-state index < -0.39 is 11.9 Å². The van der Waals surface area contributed by atoms with Gasteiger partial charge in [0.15, 0.2) is 5.71 Å². The van der Waals surface area contributed by atoms with E-state index in [9.17, 15) is 13.2 Å². The van der Waals surface area contributed by atoms with E-state index in [-0.39, 0.29) is 5.76 Å². The van der Waals surface area contributed by atoms with Crippen molar-refractivity contribution in [3.05, 3.63) is 11.8 Å². The fraction of sp³-hybridized carbons (Fsp3) is 0.625. The number of hydrogen-bond donors (Lipinski definition) is 0. The van der Waals surface area contributed by atoms with E-state index in [1.165, 1.54) is 13.2 Å². The number of halogens is 3. The van der Waals surface area contributed by atoms with Gasteiger partial charge in [0.25, 0.3) is 0 Å². The lowest BCUT2D eigenvalue weighted by Crippen LogP contribution is -2.25. The molecule has 0 bridgehead atoms. The third kappa shape index (κ3) is 3.48. The van der Waals surface area contributed by atoms with Gasteiger partial charge in [-0.3, -0.25) is 4.99 Å². The highest BCUT2D eigenvalue weighted by molar-refractivity contribution is 6.02. The van der Waals surface area contributed by atoms with Gasteiger partial charge >= 0.3 is 6.18 Å². The molecule has 0 saturated heterocycles. The molecule has 0 aliphatic heterocycles. The van der Waals surface area contributed by atoms with Crippen LogP contribution in [0.25, 0.3) is 0 Å². The van der Waals surface area contributed by atoms with Crippen LogP contribution in [0.4, 0.5) is 13.2 Å². The number of ether oxygens (including phenoxy) is 1. The molecule has 0 aromatic carbocycles. The first-order valence-electron chi connectivity index (χ1n) is 3.75. The SMILES string of the molecule is CC/C=C(/OC)C(=NC)C(F)(F)F. The molecule has 0 aliphatic carbocycles. The number of methoxy groups -OCH3 is 1. The Bertz CT molecular complexity index is 218. The van der Waals surface area contributed by atoms with E-state index in [2.05, 4.69) is 9.73 Å². The highest BCUT2D eigenvalue weighted by Gasteiger charge is 2.38. The minimum absolute atomic E-state index is 0.225. The molecular formula is C8H12F3NO. The number of allylic oxidation sites excluding steroid dienone is 2. The van der Waals surface area contributed by atoms with Crippen LogP contribution in [0.3, 0.4) is 0 Å². The largest absolute Gasteiger partial charge is 0.495 e. The molecule has 0 radical (unpaired) electrons. The van der Waals surface area contributed by atoms with E-state index in [0.717, 1.165) is 7.05 Å². The molecule has 0 rings (SSSR count). The van der Waals surface area contributed by atoms with Crippen molar-refractivity contribution in [1.29, 1.82) is 0 Å². The van der Waals surface area contributed by atoms with Gasteiger partial charge in [-0.15, -0.1) is 0 Å². The van der Waals surface area contributed by atoms with Crippen LogP contribution < -0.4 is 0 Å². The summed E-state index contributed by atoms with van der Waals surface area (Å²) in [6.07, 6.45) is -2.64. The standard InChI is InChI=1S/C8H12F3NO/c1-4-5-6(13-3)7(12-2)8(9,10)11/h5H,4H2,1-3H3/b6-5+,12-7?. The minimum atomic E-state index is -4.45. The summed E-state index contributed by atoms with van der Waals surface area (Å²) in [6.45, 7) is 1.72. The van der Waals surface area contributed by atoms with Crippen LogP contribution in [-0.2, 0) is 4.74 Å². The summed E-state index contributed by atoms with van der Waals surface area (Å²) in [5.41, 5.74) is -0.975. The average Bonchev–Trinajstić information content (AvgIpc) is 2.01. The second-order valence-electron chi connectivity index (χ2n) is 2.25. The van der Waals surface area contributed by atoms with Gasteiger partial charge in [-0.2, -0.15) is 13.2 Å². The summed E-state index contributed by atoms with van der Waals surface area (Å²) >= 11 is 0. The van der Waals surface area contributed by atoms with Gasteiger partial charge in [0.05, 0.1) is 7.11 Å². The van der Waals surface area contributed by atoms with Crippen molar-refractivity contribution in [3.63, 3.8) is 0 Å². The second kappa shape index (κ2) is 4.89. The Balaban J connectivity index is 4.88. The Hall–Kier alpha value is -1.00. The maximum atomic E-state index is 12.2. The molecule has 0 saturated carbocycles. The van der Waals surface area contributed by atoms with Crippen LogP contribution in [0.5, 0.6) is 0 Å². The van der Waals surface area contributed by atoms with Crippen LogP contribution in [0.2, 0.25) is 0 Å². The van der Waals surface area contributed by atoms with E-state index in [1.807, 2.05) is 0 Å². The zero-order valence-corrected chi connectivity index (χ0v) is 7.77. The summed E-state index contributed by atoms with van der Waals surface area (Å²) in [6, 6.07) is 0. The average molecular weight is 195 g/mol. The van der Waals surface area contributed by atoms with Gasteiger partial charge < -0.3 is 4.74 Å². The van der Waals surface area contributed by atoms with Crippen LogP contribution in [0, 0.1) is 0 Å². The molecule has 0 heterocycles. The van der Waals surface area contributed by atoms with E-state index in [1.54, 1.807) is 6.92 Å². The number of rotatable bonds is 3. The molecule has 0 aromatic rings. The molecule has 0 unspecified atom stereocenters. The third-order valence-electron chi connectivity index (χ3n) is 1.33. The van der Waals surface area contributed by atoms with Crippen LogP contribution in [0.15, 0.2) is 16.8 Å². The molecule has 0 fully saturated rings. The second-order valence-corrected chi connectivity index (χ2v) is 2.25. The van der Waals surface area contributed by atoms with Crippen molar-refractivity contribution in [2.75, 3.05) is 14.2 Å². The predicted molar refractivity (Wildman–Crippen MR) is 44.8 cm³/mol. The van der Waals surface area contributed by atoms with Crippen LogP contribution in [0.1, 0.15) is 13.3 Å². The quantitative estimate of drug-likeness (QED) is 0.501. The van der Waals surface area contributed by atoms with Gasteiger partial charge in [-0.1, -0.05) is 6.92 Å². The molecule has 0 atom stereocenters. The summed E-state index contributed by atoms with van der Waals surface area (Å²) in [5, 5.41) is 0. The predicted octanol–water partition coefficient (Wildman–Crippen LogP) is 2.56. The monoisotopic (exact) mass is 195 g/mol. The maximum Gasteiger partial charge on any atom is 0.436 e. The maximum absolute atomic E-state index is 12.2. The summed E-state index contributed by atoms with van der Waals surface area (Å²) in [7, 11) is 2.28. The minimum Gasteiger partial charge on any atom is -0.495 e. The van der Waals surface area contributed by atoms with Crippen molar-refractivity contribution in [1.82, 2.24) is 0 Å². The number of aliphatic imine (C=N–C) groups is 1. The zero-order valence-electron chi connectivity index (χ0n) is 7.77. The highest BCUT2D eigenvalue weighted by Crippen LogP contribution is 2.22. The first kappa shape index (κ1) is 12.0. The lowest BCUT2D eigenvalue weighted by atomic mass is 10.2. The van der Waals surface area contributed by atoms with Gasteiger partial charge in [0, 0.05) is 7.05 Å². The number of hydrogen-bond acceptors (Lipinski definition) is 2. The highest BCUT2D eigenvalue weighted by atomic mass is 19.4. The molecule has 0 aliphatic rings. The van der Waals surface area contributed by atoms with Crippen LogP contribution in [-0.4, -0.2) is 26.0 Å². The number of nitrogens with zero attached hydrogens (tertiary/aromatic N) is 1. The molecular weight excluding hydrogens is 183 g/mol. The molecule has 0 amide bonds. The normalized spacial score (nSPS) is 14.6. The summed E-state index contributed by atoms with van der Waals surface area (Å²) in [4.78, 5) is 3.15. The van der Waals surface area contributed by atoms with Crippen molar-refractivity contribution < 1.29 is 17.9 Å². The Labute approximate surface area is 75.1 Å². The smallest absolute Gasteiger partial charge is 0.436 e. The first-order chi connectivity index (χ1) is 5.97. The van der Waals surface area contributed by atoms with E-state index in [4.69, 9.17) is 0 Å². The Morgan fingerprint density at radius 2 is 2.00 bits per heavy atom. The lowest BCUT2D eigenvalue weighted by molar-refractivity contribution is -0.0603. The Morgan fingerprint density at radius 3 is 2.23 bits per heavy atom. The topological polar surface area (TPSA) is 21.6 Å². The Kier molecular flexibility index (Phi) is 4.51.